The van der Waals surface area contributed by atoms with E-state index in [0.717, 1.165) is 6.42 Å². The number of allylic oxidation sites excluding steroid dienone is 1. The Labute approximate surface area is 91.8 Å². The second kappa shape index (κ2) is 9.71. The van der Waals surface area contributed by atoms with Crippen molar-refractivity contribution in [3.05, 3.63) is 12.2 Å². The molecule has 1 atom stereocenters. The van der Waals surface area contributed by atoms with E-state index >= 15 is 0 Å². The molecule has 0 aromatic rings. The van der Waals surface area contributed by atoms with Gasteiger partial charge in [-0.2, -0.15) is 0 Å². The number of aliphatic hydroxyl groups excluding tert-OH is 1. The molecular formula is C12H22O3. The monoisotopic (exact) mass is 214 g/mol. The Morgan fingerprint density at radius 1 is 1.27 bits per heavy atom. The summed E-state index contributed by atoms with van der Waals surface area (Å²) in [5.41, 5.74) is 0. The first-order valence-corrected chi connectivity index (χ1v) is 5.71. The minimum Gasteiger partial charge on any atom is -0.481 e. The van der Waals surface area contributed by atoms with Crippen LogP contribution in [0.5, 0.6) is 0 Å². The molecule has 0 amide bonds. The fourth-order valence-corrected chi connectivity index (χ4v) is 1.35. The zero-order chi connectivity index (χ0) is 11.5. The molecule has 0 radical (unpaired) electrons. The Kier molecular flexibility index (Phi) is 9.18. The zero-order valence-corrected chi connectivity index (χ0v) is 9.48. The number of unbranched alkanes of at least 4 members (excludes halogenated alkanes) is 4. The third-order valence-corrected chi connectivity index (χ3v) is 2.21. The predicted molar refractivity (Wildman–Crippen MR) is 60.8 cm³/mol. The molecule has 0 aliphatic heterocycles. The summed E-state index contributed by atoms with van der Waals surface area (Å²) in [7, 11) is 0. The van der Waals surface area contributed by atoms with Crippen molar-refractivity contribution in [2.75, 3.05) is 0 Å². The zero-order valence-electron chi connectivity index (χ0n) is 9.48. The van der Waals surface area contributed by atoms with Gasteiger partial charge in [0.25, 0.3) is 0 Å². The molecule has 0 bridgehead atoms. The Morgan fingerprint density at radius 2 is 2.00 bits per heavy atom. The number of aliphatic hydroxyl groups is 1. The number of carboxylic acids is 1. The fraction of sp³-hybridized carbons (Fsp3) is 0.750. The number of carbonyl (C=O) groups is 1. The summed E-state index contributed by atoms with van der Waals surface area (Å²) in [6.45, 7) is 2.18. The number of carboxylic acid groups (broad SMARTS) is 1. The van der Waals surface area contributed by atoms with Crippen LogP contribution in [0.4, 0.5) is 0 Å². The first-order valence-electron chi connectivity index (χ1n) is 5.71. The van der Waals surface area contributed by atoms with Crippen molar-refractivity contribution in [2.45, 2.75) is 58.0 Å². The van der Waals surface area contributed by atoms with Crippen molar-refractivity contribution >= 4 is 5.97 Å². The second-order valence-corrected chi connectivity index (χ2v) is 3.81. The Bertz CT molecular complexity index is 187. The largest absolute Gasteiger partial charge is 0.481 e. The van der Waals surface area contributed by atoms with E-state index in [2.05, 4.69) is 6.92 Å². The molecule has 0 saturated carbocycles. The molecule has 0 aliphatic carbocycles. The van der Waals surface area contributed by atoms with Gasteiger partial charge >= 0.3 is 5.97 Å². The second-order valence-electron chi connectivity index (χ2n) is 3.81. The molecule has 0 aromatic carbocycles. The minimum absolute atomic E-state index is 0.166. The molecule has 0 spiro atoms. The van der Waals surface area contributed by atoms with E-state index in [0.29, 0.717) is 6.42 Å². The number of rotatable bonds is 9. The maximum absolute atomic E-state index is 10.2. The van der Waals surface area contributed by atoms with Crippen molar-refractivity contribution in [1.29, 1.82) is 0 Å². The molecule has 88 valence electrons. The maximum Gasteiger partial charge on any atom is 0.305 e. The minimum atomic E-state index is -0.946. The number of hydrogen-bond acceptors (Lipinski definition) is 2. The molecule has 0 heterocycles. The summed E-state index contributed by atoms with van der Waals surface area (Å²) in [4.78, 5) is 10.2. The van der Waals surface area contributed by atoms with Gasteiger partial charge < -0.3 is 10.2 Å². The van der Waals surface area contributed by atoms with Gasteiger partial charge in [-0.25, -0.2) is 0 Å². The van der Waals surface area contributed by atoms with Gasteiger partial charge in [0.15, 0.2) is 0 Å². The number of aliphatic carboxylic acids is 1. The molecule has 3 nitrogen and oxygen atoms in total. The Balaban J connectivity index is 3.33. The molecule has 0 saturated heterocycles. The van der Waals surface area contributed by atoms with Gasteiger partial charge in [0.05, 0.1) is 12.5 Å². The quantitative estimate of drug-likeness (QED) is 0.458. The summed E-state index contributed by atoms with van der Waals surface area (Å²) < 4.78 is 0. The maximum atomic E-state index is 10.2. The van der Waals surface area contributed by atoms with E-state index in [1.807, 2.05) is 12.2 Å². The van der Waals surface area contributed by atoms with Crippen LogP contribution in [0, 0.1) is 0 Å². The van der Waals surface area contributed by atoms with Crippen LogP contribution >= 0.6 is 0 Å². The van der Waals surface area contributed by atoms with Crippen molar-refractivity contribution in [3.63, 3.8) is 0 Å². The van der Waals surface area contributed by atoms with Crippen LogP contribution in [0.25, 0.3) is 0 Å². The highest BCUT2D eigenvalue weighted by atomic mass is 16.4. The van der Waals surface area contributed by atoms with Gasteiger partial charge in [-0.1, -0.05) is 38.3 Å². The van der Waals surface area contributed by atoms with Crippen LogP contribution in [-0.2, 0) is 4.79 Å². The third kappa shape index (κ3) is 11.1. The standard InChI is InChI=1S/C12H22O3/c1-2-3-4-5-6-7-8-9-11(13)10-12(14)15/h7-8,11,13H,2-6,9-10H2,1H3,(H,14,15)/t11-/m1/s1. The molecule has 0 fully saturated rings. The summed E-state index contributed by atoms with van der Waals surface area (Å²) in [5, 5.41) is 17.6. The Morgan fingerprint density at radius 3 is 2.60 bits per heavy atom. The first kappa shape index (κ1) is 14.2. The lowest BCUT2D eigenvalue weighted by molar-refractivity contribution is -0.139. The van der Waals surface area contributed by atoms with E-state index in [1.54, 1.807) is 0 Å². The van der Waals surface area contributed by atoms with Gasteiger partial charge in [-0.15, -0.1) is 0 Å². The topological polar surface area (TPSA) is 57.5 Å². The molecular weight excluding hydrogens is 192 g/mol. The normalized spacial score (nSPS) is 13.2. The summed E-state index contributed by atoms with van der Waals surface area (Å²) in [5.74, 6) is -0.946. The van der Waals surface area contributed by atoms with Gasteiger partial charge in [0, 0.05) is 0 Å². The summed E-state index contributed by atoms with van der Waals surface area (Å²) in [6.07, 6.45) is 9.41. The van der Waals surface area contributed by atoms with E-state index < -0.39 is 12.1 Å². The van der Waals surface area contributed by atoms with Crippen LogP contribution in [0.1, 0.15) is 51.9 Å². The smallest absolute Gasteiger partial charge is 0.305 e. The summed E-state index contributed by atoms with van der Waals surface area (Å²) in [6, 6.07) is 0. The highest BCUT2D eigenvalue weighted by Crippen LogP contribution is 2.04. The first-order chi connectivity index (χ1) is 7.16. The average molecular weight is 214 g/mol. The van der Waals surface area contributed by atoms with E-state index in [1.165, 1.54) is 25.7 Å². The molecule has 15 heavy (non-hydrogen) atoms. The molecule has 3 heteroatoms. The van der Waals surface area contributed by atoms with Crippen molar-refractivity contribution in [2.24, 2.45) is 0 Å². The van der Waals surface area contributed by atoms with Crippen LogP contribution < -0.4 is 0 Å². The lowest BCUT2D eigenvalue weighted by Gasteiger charge is -2.02. The number of hydrogen-bond donors (Lipinski definition) is 2. The van der Waals surface area contributed by atoms with Crippen molar-refractivity contribution in [1.82, 2.24) is 0 Å². The average Bonchev–Trinajstić information content (AvgIpc) is 2.15. The van der Waals surface area contributed by atoms with E-state index in [4.69, 9.17) is 5.11 Å². The summed E-state index contributed by atoms with van der Waals surface area (Å²) >= 11 is 0. The van der Waals surface area contributed by atoms with Gasteiger partial charge in [0.1, 0.15) is 0 Å². The molecule has 2 N–H and O–H groups in total. The van der Waals surface area contributed by atoms with Crippen LogP contribution in [0.15, 0.2) is 12.2 Å². The van der Waals surface area contributed by atoms with Gasteiger partial charge in [-0.05, 0) is 19.3 Å². The molecule has 0 rings (SSSR count). The Hall–Kier alpha value is -0.830. The van der Waals surface area contributed by atoms with E-state index in [9.17, 15) is 9.90 Å². The molecule has 0 aromatic heterocycles. The molecule has 0 unspecified atom stereocenters. The highest BCUT2D eigenvalue weighted by molar-refractivity contribution is 5.67. The van der Waals surface area contributed by atoms with Crippen molar-refractivity contribution in [3.8, 4) is 0 Å². The van der Waals surface area contributed by atoms with Crippen LogP contribution in [0.2, 0.25) is 0 Å². The lowest BCUT2D eigenvalue weighted by Crippen LogP contribution is -2.11. The van der Waals surface area contributed by atoms with Crippen molar-refractivity contribution < 1.29 is 15.0 Å². The van der Waals surface area contributed by atoms with Crippen LogP contribution in [-0.4, -0.2) is 22.3 Å². The van der Waals surface area contributed by atoms with Gasteiger partial charge in [0.2, 0.25) is 0 Å². The fourth-order valence-electron chi connectivity index (χ4n) is 1.35. The van der Waals surface area contributed by atoms with Crippen LogP contribution in [0.3, 0.4) is 0 Å². The van der Waals surface area contributed by atoms with Gasteiger partial charge in [-0.3, -0.25) is 4.79 Å². The SMILES string of the molecule is CCCCCCC=CC[C@@H](O)CC(=O)O. The molecule has 0 aliphatic rings. The highest BCUT2D eigenvalue weighted by Gasteiger charge is 2.06. The van der Waals surface area contributed by atoms with E-state index in [-0.39, 0.29) is 6.42 Å². The third-order valence-electron chi connectivity index (χ3n) is 2.21. The predicted octanol–water partition coefficient (Wildman–Crippen LogP) is 2.74. The lowest BCUT2D eigenvalue weighted by atomic mass is 10.1.